The van der Waals surface area contributed by atoms with Gasteiger partial charge in [0.25, 0.3) is 0 Å². The number of carbonyl (C=O) groups excluding carboxylic acids is 1. The number of hydrogen-bond donors (Lipinski definition) is 0. The van der Waals surface area contributed by atoms with E-state index >= 15 is 0 Å². The first-order valence-corrected chi connectivity index (χ1v) is 12.7. The van der Waals surface area contributed by atoms with Crippen molar-refractivity contribution in [3.8, 4) is 17.6 Å². The van der Waals surface area contributed by atoms with Gasteiger partial charge in [-0.25, -0.2) is 13.2 Å². The molecule has 0 aromatic heterocycles. The Balaban J connectivity index is 1.71. The van der Waals surface area contributed by atoms with E-state index in [9.17, 15) is 13.2 Å². The zero-order valence-electron chi connectivity index (χ0n) is 19.0. The second-order valence-electron chi connectivity index (χ2n) is 8.11. The van der Waals surface area contributed by atoms with Gasteiger partial charge < -0.3 is 19.1 Å². The number of nitriles is 1. The number of esters is 1. The first-order chi connectivity index (χ1) is 16.4. The van der Waals surface area contributed by atoms with Crippen molar-refractivity contribution in [2.45, 2.75) is 24.2 Å². The average molecular weight is 486 g/mol. The fourth-order valence-corrected chi connectivity index (χ4v) is 5.60. The summed E-state index contributed by atoms with van der Waals surface area (Å²) in [6.07, 6.45) is 3.10. The van der Waals surface area contributed by atoms with E-state index in [0.717, 1.165) is 32.4 Å². The van der Waals surface area contributed by atoms with Gasteiger partial charge in [0.15, 0.2) is 11.5 Å². The summed E-state index contributed by atoms with van der Waals surface area (Å²) >= 11 is 0. The number of carbonyl (C=O) groups is 1. The normalized spacial score (nSPS) is 17.1. The van der Waals surface area contributed by atoms with E-state index in [2.05, 4.69) is 4.90 Å². The number of nitrogens with zero attached hydrogens (tertiary/aromatic N) is 3. The quantitative estimate of drug-likeness (QED) is 0.454. The molecule has 0 N–H and O–H groups in total. The highest BCUT2D eigenvalue weighted by atomic mass is 32.2. The second kappa shape index (κ2) is 10.4. The lowest BCUT2D eigenvalue weighted by atomic mass is 10.1. The fourth-order valence-electron chi connectivity index (χ4n) is 4.16. The number of methoxy groups -OCH3 is 1. The predicted molar refractivity (Wildman–Crippen MR) is 125 cm³/mol. The molecule has 9 nitrogen and oxygen atoms in total. The van der Waals surface area contributed by atoms with E-state index in [1.165, 1.54) is 35.7 Å². The monoisotopic (exact) mass is 485 g/mol. The molecule has 34 heavy (non-hydrogen) atoms. The van der Waals surface area contributed by atoms with E-state index in [1.807, 2.05) is 6.07 Å². The highest BCUT2D eigenvalue weighted by molar-refractivity contribution is 7.89. The maximum atomic E-state index is 13.4. The Morgan fingerprint density at radius 2 is 1.74 bits per heavy atom. The Morgan fingerprint density at radius 3 is 2.41 bits per heavy atom. The largest absolute Gasteiger partial charge is 0.493 e. The summed E-state index contributed by atoms with van der Waals surface area (Å²) in [4.78, 5) is 15.5. The van der Waals surface area contributed by atoms with Gasteiger partial charge in [-0.05, 0) is 49.6 Å². The van der Waals surface area contributed by atoms with Crippen LogP contribution in [-0.4, -0.2) is 65.2 Å². The molecule has 2 fully saturated rings. The van der Waals surface area contributed by atoms with Crippen LogP contribution in [0.15, 0.2) is 41.3 Å². The van der Waals surface area contributed by atoms with Gasteiger partial charge in [-0.1, -0.05) is 0 Å². The molecule has 0 spiro atoms. The minimum atomic E-state index is -3.79. The van der Waals surface area contributed by atoms with Crippen molar-refractivity contribution in [3.63, 3.8) is 0 Å². The van der Waals surface area contributed by atoms with Gasteiger partial charge >= 0.3 is 5.97 Å². The van der Waals surface area contributed by atoms with Gasteiger partial charge in [0.1, 0.15) is 0 Å². The summed E-state index contributed by atoms with van der Waals surface area (Å²) in [6, 6.07) is 11.1. The van der Waals surface area contributed by atoms with Crippen LogP contribution in [-0.2, 0) is 14.8 Å². The molecule has 2 saturated heterocycles. The maximum Gasteiger partial charge on any atom is 0.345 e. The number of sulfonamides is 1. The topological polar surface area (TPSA) is 109 Å². The zero-order chi connectivity index (χ0) is 24.1. The highest BCUT2D eigenvalue weighted by Crippen LogP contribution is 2.32. The Bertz CT molecular complexity index is 1200. The third-order valence-electron chi connectivity index (χ3n) is 5.99. The van der Waals surface area contributed by atoms with E-state index in [1.54, 1.807) is 12.1 Å². The first kappa shape index (κ1) is 24.0. The number of benzene rings is 2. The van der Waals surface area contributed by atoms with Gasteiger partial charge in [0.05, 0.1) is 48.1 Å². The molecule has 0 aliphatic carbocycles. The van der Waals surface area contributed by atoms with E-state index in [4.69, 9.17) is 19.5 Å². The third-order valence-corrected chi connectivity index (χ3v) is 7.88. The number of anilines is 1. The van der Waals surface area contributed by atoms with Crippen molar-refractivity contribution in [1.82, 2.24) is 4.31 Å². The lowest BCUT2D eigenvalue weighted by molar-refractivity contribution is 0.0725. The predicted octanol–water partition coefficient (Wildman–Crippen LogP) is 2.80. The van der Waals surface area contributed by atoms with Crippen LogP contribution >= 0.6 is 0 Å². The Morgan fingerprint density at radius 1 is 1.00 bits per heavy atom. The molecule has 0 saturated carbocycles. The lowest BCUT2D eigenvalue weighted by Crippen LogP contribution is -2.40. The van der Waals surface area contributed by atoms with Crippen molar-refractivity contribution in [1.29, 1.82) is 5.26 Å². The summed E-state index contributed by atoms with van der Waals surface area (Å²) in [5.74, 6) is -0.302. The Labute approximate surface area is 199 Å². The van der Waals surface area contributed by atoms with Gasteiger partial charge in [-0.3, -0.25) is 0 Å². The van der Waals surface area contributed by atoms with Crippen LogP contribution in [0.1, 0.15) is 35.2 Å². The van der Waals surface area contributed by atoms with E-state index in [0.29, 0.717) is 24.5 Å². The van der Waals surface area contributed by atoms with Gasteiger partial charge in [0, 0.05) is 32.2 Å². The summed E-state index contributed by atoms with van der Waals surface area (Å²) in [7, 11) is -2.37. The Kier molecular flexibility index (Phi) is 7.36. The molecule has 2 aliphatic heterocycles. The van der Waals surface area contributed by atoms with Crippen molar-refractivity contribution >= 4 is 21.7 Å². The molecule has 2 aromatic carbocycles. The summed E-state index contributed by atoms with van der Waals surface area (Å²) in [5, 5.41) is 9.12. The molecular weight excluding hydrogens is 458 g/mol. The minimum absolute atomic E-state index is 0.0360. The SMILES string of the molecule is COc1cc(C#N)ccc1OC(=O)c1cc(S(=O)(=O)N2CCOCC2)ccc1N1CCCCC1. The molecule has 10 heteroatoms. The van der Waals surface area contributed by atoms with E-state index in [-0.39, 0.29) is 35.0 Å². The lowest BCUT2D eigenvalue weighted by Gasteiger charge is -2.31. The van der Waals surface area contributed by atoms with Crippen molar-refractivity contribution in [3.05, 3.63) is 47.5 Å². The first-order valence-electron chi connectivity index (χ1n) is 11.2. The molecule has 0 atom stereocenters. The van der Waals surface area contributed by atoms with Gasteiger partial charge in [0.2, 0.25) is 10.0 Å². The molecule has 4 rings (SSSR count). The molecule has 0 unspecified atom stereocenters. The summed E-state index contributed by atoms with van der Waals surface area (Å²) in [6.45, 7) is 2.74. The fraction of sp³-hybridized carbons (Fsp3) is 0.417. The highest BCUT2D eigenvalue weighted by Gasteiger charge is 2.29. The molecule has 0 amide bonds. The smallest absolute Gasteiger partial charge is 0.345 e. The van der Waals surface area contributed by atoms with Crippen LogP contribution in [0.5, 0.6) is 11.5 Å². The molecule has 2 aromatic rings. The minimum Gasteiger partial charge on any atom is -0.493 e. The summed E-state index contributed by atoms with van der Waals surface area (Å²) in [5.41, 5.74) is 1.17. The van der Waals surface area contributed by atoms with Crippen LogP contribution in [0, 0.1) is 11.3 Å². The number of rotatable bonds is 6. The van der Waals surface area contributed by atoms with Crippen molar-refractivity contribution < 1.29 is 27.4 Å². The van der Waals surface area contributed by atoms with Crippen molar-refractivity contribution in [2.75, 3.05) is 51.4 Å². The molecule has 2 aliphatic rings. The number of ether oxygens (including phenoxy) is 3. The number of morpholine rings is 1. The zero-order valence-corrected chi connectivity index (χ0v) is 19.8. The standard InChI is InChI=1S/C24H27N3O6S/c1-31-23-15-18(17-25)5-8-22(23)33-24(28)20-16-19(34(29,30)27-11-13-32-14-12-27)6-7-21(20)26-9-3-2-4-10-26/h5-8,15-16H,2-4,9-14H2,1H3. The maximum absolute atomic E-state index is 13.4. The average Bonchev–Trinajstić information content (AvgIpc) is 2.89. The van der Waals surface area contributed by atoms with Crippen LogP contribution < -0.4 is 14.4 Å². The third kappa shape index (κ3) is 5.01. The van der Waals surface area contributed by atoms with Gasteiger partial charge in [-0.15, -0.1) is 0 Å². The van der Waals surface area contributed by atoms with Crippen LogP contribution in [0.25, 0.3) is 0 Å². The molecule has 180 valence electrons. The molecule has 2 heterocycles. The second-order valence-corrected chi connectivity index (χ2v) is 10.0. The molecule has 0 radical (unpaired) electrons. The van der Waals surface area contributed by atoms with Crippen LogP contribution in [0.3, 0.4) is 0 Å². The number of hydrogen-bond acceptors (Lipinski definition) is 8. The molecule has 0 bridgehead atoms. The van der Waals surface area contributed by atoms with E-state index < -0.39 is 16.0 Å². The number of piperidine rings is 1. The Hall–Kier alpha value is -3.13. The van der Waals surface area contributed by atoms with Crippen LogP contribution in [0.4, 0.5) is 5.69 Å². The summed E-state index contributed by atoms with van der Waals surface area (Å²) < 4.78 is 44.0. The molecular formula is C24H27N3O6S. The van der Waals surface area contributed by atoms with Gasteiger partial charge in [-0.2, -0.15) is 9.57 Å². The van der Waals surface area contributed by atoms with Crippen LogP contribution in [0.2, 0.25) is 0 Å². The van der Waals surface area contributed by atoms with Crippen molar-refractivity contribution in [2.24, 2.45) is 0 Å².